The maximum atomic E-state index is 12.2. The van der Waals surface area contributed by atoms with Crippen molar-refractivity contribution in [2.24, 2.45) is 0 Å². The molecule has 0 atom stereocenters. The number of alkyl halides is 3. The Hall–Kier alpha value is -1.01. The van der Waals surface area contributed by atoms with E-state index in [2.05, 4.69) is 0 Å². The Balaban J connectivity index is 3.15. The van der Waals surface area contributed by atoms with Gasteiger partial charge in [-0.1, -0.05) is 11.6 Å². The lowest BCUT2D eigenvalue weighted by Gasteiger charge is -2.06. The third-order valence-electron chi connectivity index (χ3n) is 1.74. The van der Waals surface area contributed by atoms with Crippen molar-refractivity contribution < 1.29 is 21.6 Å². The molecule has 0 N–H and O–H groups in total. The SMILES string of the molecule is O=S(=O)(/C=C/Cl)c1ccc(C(F)(F)F)cc1. The number of hydrogen-bond acceptors (Lipinski definition) is 2. The van der Waals surface area contributed by atoms with Crippen LogP contribution in [0.4, 0.5) is 13.2 Å². The Morgan fingerprint density at radius 3 is 2.00 bits per heavy atom. The quantitative estimate of drug-likeness (QED) is 0.827. The number of hydrogen-bond donors (Lipinski definition) is 0. The summed E-state index contributed by atoms with van der Waals surface area (Å²) in [5, 5.41) is 0.706. The molecule has 2 nitrogen and oxygen atoms in total. The van der Waals surface area contributed by atoms with E-state index in [-0.39, 0.29) is 4.90 Å². The van der Waals surface area contributed by atoms with Crippen molar-refractivity contribution >= 4 is 21.4 Å². The molecule has 1 aromatic carbocycles. The Kier molecular flexibility index (Phi) is 3.64. The van der Waals surface area contributed by atoms with E-state index in [0.29, 0.717) is 17.5 Å². The minimum atomic E-state index is -4.48. The summed E-state index contributed by atoms with van der Waals surface area (Å²) < 4.78 is 59.2. The van der Waals surface area contributed by atoms with Crippen molar-refractivity contribution in [2.75, 3.05) is 0 Å². The molecule has 1 aromatic rings. The number of halogens is 4. The van der Waals surface area contributed by atoms with Crippen molar-refractivity contribution in [3.05, 3.63) is 40.8 Å². The lowest BCUT2D eigenvalue weighted by Crippen LogP contribution is -2.05. The van der Waals surface area contributed by atoms with Gasteiger partial charge in [0.15, 0.2) is 0 Å². The average Bonchev–Trinajstić information content (AvgIpc) is 2.16. The van der Waals surface area contributed by atoms with Gasteiger partial charge in [-0.05, 0) is 24.3 Å². The van der Waals surface area contributed by atoms with Crippen LogP contribution < -0.4 is 0 Å². The topological polar surface area (TPSA) is 34.1 Å². The van der Waals surface area contributed by atoms with Gasteiger partial charge in [-0.2, -0.15) is 13.2 Å². The normalized spacial score (nSPS) is 13.2. The van der Waals surface area contributed by atoms with E-state index in [1.54, 1.807) is 0 Å². The summed E-state index contributed by atoms with van der Waals surface area (Å²) in [6.07, 6.45) is -4.48. The largest absolute Gasteiger partial charge is 0.416 e. The fraction of sp³-hybridized carbons (Fsp3) is 0.111. The van der Waals surface area contributed by atoms with Gasteiger partial charge in [0.1, 0.15) is 0 Å². The smallest absolute Gasteiger partial charge is 0.219 e. The summed E-state index contributed by atoms with van der Waals surface area (Å²) in [4.78, 5) is -0.239. The second-order valence-corrected chi connectivity index (χ2v) is 4.91. The highest BCUT2D eigenvalue weighted by Crippen LogP contribution is 2.29. The molecular formula is C9H6ClF3O2S. The molecule has 0 amide bonds. The summed E-state index contributed by atoms with van der Waals surface area (Å²) in [5.41, 5.74) is -0.117. The van der Waals surface area contributed by atoms with Gasteiger partial charge in [0, 0.05) is 10.9 Å². The van der Waals surface area contributed by atoms with E-state index in [4.69, 9.17) is 11.6 Å². The van der Waals surface area contributed by atoms with Crippen molar-refractivity contribution in [3.8, 4) is 0 Å². The molecule has 0 radical (unpaired) electrons. The molecule has 1 rings (SSSR count). The lowest BCUT2D eigenvalue weighted by atomic mass is 10.2. The van der Waals surface area contributed by atoms with E-state index in [1.807, 2.05) is 0 Å². The van der Waals surface area contributed by atoms with Crippen LogP contribution in [0.5, 0.6) is 0 Å². The standard InChI is InChI=1S/C9H6ClF3O2S/c10-5-6-16(14,15)8-3-1-7(2-4-8)9(11,12)13/h1-6H/b6-5+. The second-order valence-electron chi connectivity index (χ2n) is 2.83. The summed E-state index contributed by atoms with van der Waals surface area (Å²) in [5.74, 6) is 0. The van der Waals surface area contributed by atoms with Gasteiger partial charge in [0.05, 0.1) is 10.5 Å². The molecule has 0 spiro atoms. The molecule has 0 bridgehead atoms. The zero-order valence-electron chi connectivity index (χ0n) is 7.70. The first-order chi connectivity index (χ1) is 7.27. The van der Waals surface area contributed by atoms with Crippen LogP contribution in [0.15, 0.2) is 40.1 Å². The zero-order chi connectivity index (χ0) is 12.4. The van der Waals surface area contributed by atoms with Crippen LogP contribution >= 0.6 is 11.6 Å². The second kappa shape index (κ2) is 4.47. The minimum absolute atomic E-state index is 0.239. The van der Waals surface area contributed by atoms with E-state index in [1.165, 1.54) is 0 Å². The van der Waals surface area contributed by atoms with Gasteiger partial charge >= 0.3 is 6.18 Å². The summed E-state index contributed by atoms with van der Waals surface area (Å²) in [6.45, 7) is 0. The molecule has 0 saturated heterocycles. The summed E-state index contributed by atoms with van der Waals surface area (Å²) in [7, 11) is -3.75. The van der Waals surface area contributed by atoms with Crippen molar-refractivity contribution in [1.82, 2.24) is 0 Å². The van der Waals surface area contributed by atoms with E-state index >= 15 is 0 Å². The van der Waals surface area contributed by atoms with E-state index < -0.39 is 21.6 Å². The first kappa shape index (κ1) is 13.1. The highest BCUT2D eigenvalue weighted by molar-refractivity contribution is 7.94. The summed E-state index contributed by atoms with van der Waals surface area (Å²) >= 11 is 5.10. The molecule has 0 aliphatic carbocycles. The monoisotopic (exact) mass is 270 g/mol. The maximum absolute atomic E-state index is 12.2. The fourth-order valence-electron chi connectivity index (χ4n) is 0.980. The van der Waals surface area contributed by atoms with Crippen LogP contribution in [0.1, 0.15) is 5.56 Å². The molecule has 0 aliphatic heterocycles. The zero-order valence-corrected chi connectivity index (χ0v) is 9.27. The van der Waals surface area contributed by atoms with E-state index in [0.717, 1.165) is 17.7 Å². The Bertz CT molecular complexity index is 488. The highest BCUT2D eigenvalue weighted by Gasteiger charge is 2.30. The van der Waals surface area contributed by atoms with Crippen molar-refractivity contribution in [2.45, 2.75) is 11.1 Å². The van der Waals surface area contributed by atoms with Gasteiger partial charge in [-0.15, -0.1) is 0 Å². The molecule has 88 valence electrons. The molecule has 0 aliphatic rings. The molecule has 7 heteroatoms. The maximum Gasteiger partial charge on any atom is 0.416 e. The minimum Gasteiger partial charge on any atom is -0.219 e. The van der Waals surface area contributed by atoms with Gasteiger partial charge in [0.25, 0.3) is 0 Å². The van der Waals surface area contributed by atoms with Crippen LogP contribution in [0.3, 0.4) is 0 Å². The first-order valence-corrected chi connectivity index (χ1v) is 5.95. The Labute approximate surface area is 95.3 Å². The molecule has 16 heavy (non-hydrogen) atoms. The number of benzene rings is 1. The Morgan fingerprint density at radius 1 is 1.12 bits per heavy atom. The van der Waals surface area contributed by atoms with Crippen LogP contribution in [-0.2, 0) is 16.0 Å². The Morgan fingerprint density at radius 2 is 1.62 bits per heavy atom. The van der Waals surface area contributed by atoms with Crippen molar-refractivity contribution in [1.29, 1.82) is 0 Å². The molecule has 0 heterocycles. The average molecular weight is 271 g/mol. The van der Waals surface area contributed by atoms with Crippen LogP contribution in [0.25, 0.3) is 0 Å². The third-order valence-corrected chi connectivity index (χ3v) is 3.44. The third kappa shape index (κ3) is 2.99. The number of sulfone groups is 1. The first-order valence-electron chi connectivity index (χ1n) is 3.96. The van der Waals surface area contributed by atoms with Crippen LogP contribution in [0, 0.1) is 0 Å². The molecule has 0 aromatic heterocycles. The van der Waals surface area contributed by atoms with Gasteiger partial charge in [-0.3, -0.25) is 0 Å². The van der Waals surface area contributed by atoms with Crippen LogP contribution in [-0.4, -0.2) is 8.42 Å². The van der Waals surface area contributed by atoms with Crippen molar-refractivity contribution in [3.63, 3.8) is 0 Å². The van der Waals surface area contributed by atoms with Gasteiger partial charge < -0.3 is 0 Å². The molecular weight excluding hydrogens is 265 g/mol. The summed E-state index contributed by atoms with van der Waals surface area (Å²) in [6, 6.07) is 3.17. The van der Waals surface area contributed by atoms with Crippen LogP contribution in [0.2, 0.25) is 0 Å². The van der Waals surface area contributed by atoms with Gasteiger partial charge in [-0.25, -0.2) is 8.42 Å². The fourth-order valence-corrected chi connectivity index (χ4v) is 2.19. The predicted octanol–water partition coefficient (Wildman–Crippen LogP) is 3.19. The van der Waals surface area contributed by atoms with E-state index in [9.17, 15) is 21.6 Å². The predicted molar refractivity (Wildman–Crippen MR) is 53.6 cm³/mol. The number of rotatable bonds is 2. The molecule has 0 unspecified atom stereocenters. The lowest BCUT2D eigenvalue weighted by molar-refractivity contribution is -0.137. The molecule has 0 fully saturated rings. The van der Waals surface area contributed by atoms with Gasteiger partial charge in [0.2, 0.25) is 9.84 Å². The highest BCUT2D eigenvalue weighted by atomic mass is 35.5. The molecule has 0 saturated carbocycles.